The van der Waals surface area contributed by atoms with Gasteiger partial charge < -0.3 is 24.0 Å². The number of ether oxygens (including phenoxy) is 1. The van der Waals surface area contributed by atoms with Crippen molar-refractivity contribution in [3.8, 4) is 0 Å². The number of hydrogen-bond donors (Lipinski definition) is 1. The van der Waals surface area contributed by atoms with Gasteiger partial charge in [0.15, 0.2) is 5.76 Å². The topological polar surface area (TPSA) is 102 Å². The lowest BCUT2D eigenvalue weighted by atomic mass is 10.0. The van der Waals surface area contributed by atoms with Crippen LogP contribution in [0.4, 0.5) is 5.69 Å². The lowest BCUT2D eigenvalue weighted by molar-refractivity contribution is -0.117. The Bertz CT molecular complexity index is 1230. The smallest absolute Gasteiger partial charge is 0.256 e. The zero-order valence-electron chi connectivity index (χ0n) is 20.7. The molecule has 1 atom stereocenters. The highest BCUT2D eigenvalue weighted by molar-refractivity contribution is 6.07. The lowest BCUT2D eigenvalue weighted by Crippen LogP contribution is -2.27. The molecular formula is C26H33N5O4. The molecule has 0 spiro atoms. The zero-order valence-corrected chi connectivity index (χ0v) is 20.7. The fraction of sp³-hybridized carbons (Fsp3) is 0.538. The number of amides is 2. The monoisotopic (exact) mass is 479 g/mol. The molecule has 5 rings (SSSR count). The molecule has 9 nitrogen and oxygen atoms in total. The maximum Gasteiger partial charge on any atom is 0.256 e. The molecule has 1 N–H and O–H groups in total. The Hall–Kier alpha value is -3.20. The van der Waals surface area contributed by atoms with Crippen LogP contribution < -0.4 is 5.32 Å². The Morgan fingerprint density at radius 3 is 2.66 bits per heavy atom. The van der Waals surface area contributed by atoms with Crippen LogP contribution in [0.2, 0.25) is 0 Å². The van der Waals surface area contributed by atoms with E-state index < -0.39 is 0 Å². The van der Waals surface area contributed by atoms with Gasteiger partial charge in [0.05, 0.1) is 28.8 Å². The number of fused-ring (bicyclic) bond motifs is 1. The fourth-order valence-electron chi connectivity index (χ4n) is 5.37. The minimum Gasteiger partial charge on any atom is -0.370 e. The molecule has 2 aliphatic rings. The predicted octanol–water partition coefficient (Wildman–Crippen LogP) is 4.51. The van der Waals surface area contributed by atoms with Gasteiger partial charge in [-0.25, -0.2) is 4.98 Å². The molecule has 35 heavy (non-hydrogen) atoms. The average Bonchev–Trinajstić information content (AvgIpc) is 3.62. The highest BCUT2D eigenvalue weighted by Crippen LogP contribution is 2.33. The predicted molar refractivity (Wildman–Crippen MR) is 131 cm³/mol. The van der Waals surface area contributed by atoms with Gasteiger partial charge in [0.1, 0.15) is 11.9 Å². The second-order valence-corrected chi connectivity index (χ2v) is 9.92. The maximum atomic E-state index is 13.6. The third-order valence-corrected chi connectivity index (χ3v) is 7.10. The van der Waals surface area contributed by atoms with Gasteiger partial charge in [-0.15, -0.1) is 0 Å². The Labute approximate surface area is 204 Å². The maximum absolute atomic E-state index is 13.6. The van der Waals surface area contributed by atoms with Crippen molar-refractivity contribution in [1.82, 2.24) is 19.6 Å². The summed E-state index contributed by atoms with van der Waals surface area (Å²) in [7, 11) is 3.65. The number of benzene rings is 1. The largest absolute Gasteiger partial charge is 0.370 e. The van der Waals surface area contributed by atoms with Crippen LogP contribution in [-0.2, 0) is 23.1 Å². The third kappa shape index (κ3) is 4.96. The first-order chi connectivity index (χ1) is 16.9. The number of nitrogens with zero attached hydrogens (tertiary/aromatic N) is 4. The molecule has 2 aromatic heterocycles. The van der Waals surface area contributed by atoms with Crippen molar-refractivity contribution in [3.63, 3.8) is 0 Å². The van der Waals surface area contributed by atoms with Gasteiger partial charge in [0.25, 0.3) is 5.91 Å². The highest BCUT2D eigenvalue weighted by Gasteiger charge is 2.27. The first-order valence-corrected chi connectivity index (χ1v) is 12.5. The first-order valence-electron chi connectivity index (χ1n) is 12.5. The third-order valence-electron chi connectivity index (χ3n) is 7.10. The number of nitrogens with one attached hydrogen (secondary N) is 1. The van der Waals surface area contributed by atoms with Crippen molar-refractivity contribution < 1.29 is 18.8 Å². The molecule has 0 bridgehead atoms. The normalized spacial score (nSPS) is 18.4. The van der Waals surface area contributed by atoms with Crippen LogP contribution in [0.15, 0.2) is 22.7 Å². The van der Waals surface area contributed by atoms with E-state index in [2.05, 4.69) is 10.5 Å². The van der Waals surface area contributed by atoms with Crippen LogP contribution in [0.25, 0.3) is 11.0 Å². The summed E-state index contributed by atoms with van der Waals surface area (Å²) in [6.45, 7) is 2.84. The Kier molecular flexibility index (Phi) is 6.60. The van der Waals surface area contributed by atoms with Crippen molar-refractivity contribution in [2.75, 3.05) is 19.0 Å². The minimum absolute atomic E-state index is 0.0181. The Balaban J connectivity index is 1.48. The summed E-state index contributed by atoms with van der Waals surface area (Å²) < 4.78 is 13.1. The Morgan fingerprint density at radius 2 is 1.97 bits per heavy atom. The van der Waals surface area contributed by atoms with Gasteiger partial charge in [-0.05, 0) is 50.7 Å². The summed E-state index contributed by atoms with van der Waals surface area (Å²) in [4.78, 5) is 32.9. The summed E-state index contributed by atoms with van der Waals surface area (Å²) in [6, 6.07) is 5.44. The van der Waals surface area contributed by atoms with Crippen LogP contribution >= 0.6 is 0 Å². The molecule has 3 aromatic rings. The van der Waals surface area contributed by atoms with E-state index in [9.17, 15) is 9.59 Å². The van der Waals surface area contributed by atoms with E-state index in [1.807, 2.05) is 30.7 Å². The molecule has 1 aliphatic carbocycles. The quantitative estimate of drug-likeness (QED) is 0.535. The van der Waals surface area contributed by atoms with E-state index in [1.165, 1.54) is 12.8 Å². The van der Waals surface area contributed by atoms with Crippen molar-refractivity contribution in [3.05, 3.63) is 41.0 Å². The standard InChI is InChI=1S/C26H33N5O4/c1-16-11-19(35-29-16)15-30(2)26(33)20-13-18(27-23(32)12-17-7-4-5-8-17)14-21-24(20)31(3)25(28-21)22-9-6-10-34-22/h11,13-14,17,22H,4-10,12,15H2,1-3H3,(H,27,32)/t22-/m1/s1. The van der Waals surface area contributed by atoms with Crippen molar-refractivity contribution >= 4 is 28.5 Å². The van der Waals surface area contributed by atoms with Crippen molar-refractivity contribution in [1.29, 1.82) is 0 Å². The van der Waals surface area contributed by atoms with Crippen LogP contribution in [0, 0.1) is 12.8 Å². The number of aryl methyl sites for hydroxylation is 2. The lowest BCUT2D eigenvalue weighted by Gasteiger charge is -2.18. The number of carbonyl (C=O) groups is 2. The molecule has 1 saturated heterocycles. The molecule has 2 amide bonds. The number of aromatic nitrogens is 3. The van der Waals surface area contributed by atoms with Crippen molar-refractivity contribution in [2.24, 2.45) is 13.0 Å². The molecule has 1 saturated carbocycles. The van der Waals surface area contributed by atoms with E-state index in [0.717, 1.165) is 42.7 Å². The van der Waals surface area contributed by atoms with Gasteiger partial charge in [-0.2, -0.15) is 0 Å². The summed E-state index contributed by atoms with van der Waals surface area (Å²) in [5.41, 5.74) is 3.24. The average molecular weight is 480 g/mol. The number of anilines is 1. The summed E-state index contributed by atoms with van der Waals surface area (Å²) >= 11 is 0. The minimum atomic E-state index is -0.183. The second-order valence-electron chi connectivity index (χ2n) is 9.92. The molecule has 0 unspecified atom stereocenters. The number of carbonyl (C=O) groups excluding carboxylic acids is 2. The fourth-order valence-corrected chi connectivity index (χ4v) is 5.37. The molecule has 0 radical (unpaired) electrons. The van der Waals surface area contributed by atoms with E-state index in [1.54, 1.807) is 18.0 Å². The SMILES string of the molecule is Cc1cc(CN(C)C(=O)c2cc(NC(=O)CC3CCCC3)cc3nc([C@H]4CCCO4)n(C)c23)on1. The summed E-state index contributed by atoms with van der Waals surface area (Å²) in [5, 5.41) is 6.94. The second kappa shape index (κ2) is 9.81. The first kappa shape index (κ1) is 23.5. The van der Waals surface area contributed by atoms with E-state index >= 15 is 0 Å². The molecule has 9 heteroatoms. The van der Waals surface area contributed by atoms with Gasteiger partial charge in [-0.1, -0.05) is 18.0 Å². The van der Waals surface area contributed by atoms with Crippen LogP contribution in [0.3, 0.4) is 0 Å². The van der Waals surface area contributed by atoms with Gasteiger partial charge in [0, 0.05) is 38.9 Å². The van der Waals surface area contributed by atoms with E-state index in [4.69, 9.17) is 14.2 Å². The van der Waals surface area contributed by atoms with Crippen LogP contribution in [-0.4, -0.2) is 45.1 Å². The molecular weight excluding hydrogens is 446 g/mol. The zero-order chi connectivity index (χ0) is 24.5. The van der Waals surface area contributed by atoms with Crippen LogP contribution in [0.5, 0.6) is 0 Å². The van der Waals surface area contributed by atoms with Gasteiger partial charge >= 0.3 is 0 Å². The Morgan fingerprint density at radius 1 is 1.17 bits per heavy atom. The number of rotatable bonds is 7. The van der Waals surface area contributed by atoms with Gasteiger partial charge in [0.2, 0.25) is 5.91 Å². The highest BCUT2D eigenvalue weighted by atomic mass is 16.5. The van der Waals surface area contributed by atoms with Gasteiger partial charge in [-0.3, -0.25) is 9.59 Å². The molecule has 1 aliphatic heterocycles. The molecule has 3 heterocycles. The van der Waals surface area contributed by atoms with Crippen LogP contribution in [0.1, 0.15) is 78.7 Å². The molecule has 2 fully saturated rings. The van der Waals surface area contributed by atoms with E-state index in [-0.39, 0.29) is 24.5 Å². The number of hydrogen-bond acceptors (Lipinski definition) is 6. The molecule has 186 valence electrons. The number of imidazole rings is 1. The summed E-state index contributed by atoms with van der Waals surface area (Å²) in [6.07, 6.45) is 6.90. The molecule has 1 aromatic carbocycles. The van der Waals surface area contributed by atoms with Crippen molar-refractivity contribution in [2.45, 2.75) is 64.5 Å². The summed E-state index contributed by atoms with van der Waals surface area (Å²) in [5.74, 6) is 1.65. The van der Waals surface area contributed by atoms with E-state index in [0.29, 0.717) is 41.5 Å².